The minimum Gasteiger partial charge on any atom is -0.379 e. The Morgan fingerprint density at radius 3 is 2.91 bits per heavy atom. The van der Waals surface area contributed by atoms with Crippen molar-refractivity contribution in [1.82, 2.24) is 9.78 Å². The molecule has 3 N–H and O–H groups in total. The number of nitriles is 1. The maximum Gasteiger partial charge on any atom is 0.254 e. The molecule has 2 aromatic rings. The molecule has 1 saturated heterocycles. The monoisotopic (exact) mass is 311 g/mol. The molecule has 1 aliphatic heterocycles. The lowest BCUT2D eigenvalue weighted by Crippen LogP contribution is -2.29. The van der Waals surface area contributed by atoms with Crippen LogP contribution in [0.15, 0.2) is 36.5 Å². The van der Waals surface area contributed by atoms with Crippen molar-refractivity contribution in [3.05, 3.63) is 42.1 Å². The van der Waals surface area contributed by atoms with E-state index in [1.807, 2.05) is 30.3 Å². The average molecular weight is 311 g/mol. The lowest BCUT2D eigenvalue weighted by atomic mass is 9.97. The molecule has 1 aromatic carbocycles. The molecule has 0 bridgehead atoms. The molecule has 1 aromatic heterocycles. The highest BCUT2D eigenvalue weighted by Gasteiger charge is 2.29. The van der Waals surface area contributed by atoms with Crippen LogP contribution >= 0.6 is 0 Å². The number of aromatic nitrogens is 2. The van der Waals surface area contributed by atoms with Crippen molar-refractivity contribution < 1.29 is 9.53 Å². The number of para-hydroxylation sites is 1. The van der Waals surface area contributed by atoms with E-state index >= 15 is 0 Å². The number of benzene rings is 1. The molecule has 7 heteroatoms. The Morgan fingerprint density at radius 2 is 2.22 bits per heavy atom. The molecule has 1 aliphatic rings. The normalized spacial score (nSPS) is 20.7. The molecule has 0 aliphatic carbocycles. The van der Waals surface area contributed by atoms with Crippen LogP contribution in [-0.4, -0.2) is 28.9 Å². The summed E-state index contributed by atoms with van der Waals surface area (Å²) < 4.78 is 7.06. The van der Waals surface area contributed by atoms with Gasteiger partial charge in [0.15, 0.2) is 5.82 Å². The van der Waals surface area contributed by atoms with Crippen LogP contribution in [-0.2, 0) is 4.74 Å². The Hall–Kier alpha value is -2.85. The van der Waals surface area contributed by atoms with Crippen LogP contribution in [0.4, 0.5) is 11.5 Å². The second-order valence-corrected chi connectivity index (χ2v) is 5.39. The van der Waals surface area contributed by atoms with Gasteiger partial charge in [-0.25, -0.2) is 0 Å². The zero-order valence-corrected chi connectivity index (χ0v) is 12.5. The van der Waals surface area contributed by atoms with E-state index in [2.05, 4.69) is 16.5 Å². The molecular weight excluding hydrogens is 294 g/mol. The molecule has 3 rings (SSSR count). The van der Waals surface area contributed by atoms with Gasteiger partial charge in [-0.05, 0) is 18.6 Å². The third kappa shape index (κ3) is 3.17. The van der Waals surface area contributed by atoms with Crippen molar-refractivity contribution >= 4 is 17.4 Å². The number of hydrogen-bond donors (Lipinski definition) is 2. The minimum atomic E-state index is -0.570. The van der Waals surface area contributed by atoms with Gasteiger partial charge in [-0.1, -0.05) is 18.2 Å². The molecule has 1 fully saturated rings. The highest BCUT2D eigenvalue weighted by molar-refractivity contribution is 5.98. The fourth-order valence-corrected chi connectivity index (χ4v) is 2.63. The summed E-state index contributed by atoms with van der Waals surface area (Å²) in [4.78, 5) is 11.7. The second kappa shape index (κ2) is 6.50. The fraction of sp³-hybridized carbons (Fsp3) is 0.312. The smallest absolute Gasteiger partial charge is 0.254 e. The van der Waals surface area contributed by atoms with Crippen molar-refractivity contribution in [2.24, 2.45) is 11.7 Å². The first-order valence-electron chi connectivity index (χ1n) is 7.37. The molecule has 7 nitrogen and oxygen atoms in total. The summed E-state index contributed by atoms with van der Waals surface area (Å²) in [6, 6.07) is 11.4. The zero-order valence-electron chi connectivity index (χ0n) is 12.5. The average Bonchev–Trinajstić information content (AvgIpc) is 2.99. The Kier molecular flexibility index (Phi) is 4.26. The first-order valence-corrected chi connectivity index (χ1v) is 7.37. The van der Waals surface area contributed by atoms with Crippen molar-refractivity contribution in [2.45, 2.75) is 12.5 Å². The molecule has 1 amide bonds. The predicted octanol–water partition coefficient (Wildman–Crippen LogP) is 1.83. The van der Waals surface area contributed by atoms with Crippen molar-refractivity contribution in [1.29, 1.82) is 5.26 Å². The van der Waals surface area contributed by atoms with Crippen LogP contribution < -0.4 is 11.1 Å². The van der Waals surface area contributed by atoms with E-state index in [4.69, 9.17) is 10.5 Å². The number of rotatable bonds is 4. The van der Waals surface area contributed by atoms with Gasteiger partial charge in [0.2, 0.25) is 0 Å². The number of amides is 1. The maximum atomic E-state index is 11.7. The fourth-order valence-electron chi connectivity index (χ4n) is 2.63. The summed E-state index contributed by atoms with van der Waals surface area (Å²) >= 11 is 0. The first-order chi connectivity index (χ1) is 11.2. The van der Waals surface area contributed by atoms with E-state index in [-0.39, 0.29) is 17.5 Å². The maximum absolute atomic E-state index is 11.7. The topological polar surface area (TPSA) is 106 Å². The molecule has 0 radical (unpaired) electrons. The minimum absolute atomic E-state index is 0.200. The number of carbonyl (C=O) groups is 1. The van der Waals surface area contributed by atoms with Crippen molar-refractivity contribution in [3.63, 3.8) is 0 Å². The number of primary amides is 1. The van der Waals surface area contributed by atoms with Crippen LogP contribution in [0, 0.1) is 17.2 Å². The number of nitrogens with one attached hydrogen (secondary N) is 1. The Labute approximate surface area is 133 Å². The molecule has 23 heavy (non-hydrogen) atoms. The first kappa shape index (κ1) is 15.1. The van der Waals surface area contributed by atoms with Crippen molar-refractivity contribution in [3.8, 4) is 6.07 Å². The van der Waals surface area contributed by atoms with Gasteiger partial charge < -0.3 is 15.8 Å². The lowest BCUT2D eigenvalue weighted by Gasteiger charge is -2.26. The standard InChI is InChI=1S/C16H17N5O2/c17-8-11-6-7-23-10-14(11)21-9-13(15(18)22)16(20-21)19-12-4-2-1-3-5-12/h1-5,9,11,14H,6-7,10H2,(H2,18,22)(H,19,20)/t11?,14-/m1/s1. The van der Waals surface area contributed by atoms with Crippen LogP contribution in [0.5, 0.6) is 0 Å². The van der Waals surface area contributed by atoms with Crippen LogP contribution in [0.25, 0.3) is 0 Å². The molecule has 0 saturated carbocycles. The van der Waals surface area contributed by atoms with Gasteiger partial charge in [0, 0.05) is 18.5 Å². The van der Waals surface area contributed by atoms with E-state index in [9.17, 15) is 10.1 Å². The van der Waals surface area contributed by atoms with E-state index in [1.54, 1.807) is 10.9 Å². The van der Waals surface area contributed by atoms with Gasteiger partial charge in [-0.15, -0.1) is 0 Å². The van der Waals surface area contributed by atoms with Crippen LogP contribution in [0.2, 0.25) is 0 Å². The van der Waals surface area contributed by atoms with E-state index in [0.29, 0.717) is 25.5 Å². The van der Waals surface area contributed by atoms with Gasteiger partial charge in [0.1, 0.15) is 5.56 Å². The second-order valence-electron chi connectivity index (χ2n) is 5.39. The summed E-state index contributed by atoms with van der Waals surface area (Å²) in [5, 5.41) is 16.8. The highest BCUT2D eigenvalue weighted by atomic mass is 16.5. The Morgan fingerprint density at radius 1 is 1.43 bits per heavy atom. The van der Waals surface area contributed by atoms with Crippen LogP contribution in [0.1, 0.15) is 22.8 Å². The molecule has 2 atom stereocenters. The molecule has 2 heterocycles. The summed E-state index contributed by atoms with van der Waals surface area (Å²) in [5.74, 6) is -0.389. The molecule has 1 unspecified atom stereocenters. The number of ether oxygens (including phenoxy) is 1. The third-order valence-corrected chi connectivity index (χ3v) is 3.87. The molecular formula is C16H17N5O2. The third-order valence-electron chi connectivity index (χ3n) is 3.87. The van der Waals surface area contributed by atoms with E-state index in [1.165, 1.54) is 0 Å². The Balaban J connectivity index is 1.92. The van der Waals surface area contributed by atoms with Crippen molar-refractivity contribution in [2.75, 3.05) is 18.5 Å². The SMILES string of the molecule is N#CC1CCOC[C@H]1n1cc(C(N)=O)c(Nc2ccccc2)n1. The largest absolute Gasteiger partial charge is 0.379 e. The van der Waals surface area contributed by atoms with Crippen LogP contribution in [0.3, 0.4) is 0 Å². The zero-order chi connectivity index (χ0) is 16.2. The van der Waals surface area contributed by atoms with Gasteiger partial charge >= 0.3 is 0 Å². The predicted molar refractivity (Wildman–Crippen MR) is 84.0 cm³/mol. The van der Waals surface area contributed by atoms with Gasteiger partial charge in [-0.3, -0.25) is 9.48 Å². The lowest BCUT2D eigenvalue weighted by molar-refractivity contribution is 0.0342. The number of carbonyl (C=O) groups excluding carboxylic acids is 1. The quantitative estimate of drug-likeness (QED) is 0.896. The van der Waals surface area contributed by atoms with Gasteiger partial charge in [-0.2, -0.15) is 10.4 Å². The summed E-state index contributed by atoms with van der Waals surface area (Å²) in [7, 11) is 0. The number of anilines is 2. The van der Waals surface area contributed by atoms with E-state index < -0.39 is 5.91 Å². The van der Waals surface area contributed by atoms with Gasteiger partial charge in [0.25, 0.3) is 5.91 Å². The Bertz CT molecular complexity index is 735. The number of nitrogens with two attached hydrogens (primary N) is 1. The van der Waals surface area contributed by atoms with E-state index in [0.717, 1.165) is 5.69 Å². The summed E-state index contributed by atoms with van der Waals surface area (Å²) in [6.45, 7) is 0.955. The highest BCUT2D eigenvalue weighted by Crippen LogP contribution is 2.28. The molecule has 118 valence electrons. The molecule has 0 spiro atoms. The number of hydrogen-bond acceptors (Lipinski definition) is 5. The number of nitrogens with zero attached hydrogens (tertiary/aromatic N) is 3. The summed E-state index contributed by atoms with van der Waals surface area (Å²) in [5.41, 5.74) is 6.54. The summed E-state index contributed by atoms with van der Waals surface area (Å²) in [6.07, 6.45) is 2.23. The van der Waals surface area contributed by atoms with Gasteiger partial charge in [0.05, 0.1) is 24.6 Å².